The summed E-state index contributed by atoms with van der Waals surface area (Å²) in [6.07, 6.45) is 2.79. The predicted octanol–water partition coefficient (Wildman–Crippen LogP) is 5.44. The van der Waals surface area contributed by atoms with E-state index in [4.69, 9.17) is 27.9 Å². The number of likely N-dealkylation sites (tertiary alicyclic amines) is 1. The lowest BCUT2D eigenvalue weighted by molar-refractivity contribution is -0.146. The molecule has 1 fully saturated rings. The lowest BCUT2D eigenvalue weighted by atomic mass is 9.81. The van der Waals surface area contributed by atoms with Crippen molar-refractivity contribution >= 4 is 40.1 Å². The highest BCUT2D eigenvalue weighted by Crippen LogP contribution is 2.33. The number of pyridine rings is 1. The summed E-state index contributed by atoms with van der Waals surface area (Å²) in [5, 5.41) is 22.8. The fourth-order valence-electron chi connectivity index (χ4n) is 4.81. The first-order valence-corrected chi connectivity index (χ1v) is 12.6. The van der Waals surface area contributed by atoms with Crippen LogP contribution in [0.15, 0.2) is 48.7 Å². The van der Waals surface area contributed by atoms with Crippen LogP contribution in [0.1, 0.15) is 36.5 Å². The van der Waals surface area contributed by atoms with Crippen LogP contribution in [0.2, 0.25) is 10.0 Å². The molecule has 0 radical (unpaired) electrons. The number of carboxylic acids is 1. The normalized spacial score (nSPS) is 18.9. The van der Waals surface area contributed by atoms with E-state index in [1.807, 2.05) is 24.3 Å². The molecular formula is C28H28Cl2N2O4. The topological polar surface area (TPSA) is 82.9 Å². The number of hydrogen-bond donors (Lipinski definition) is 2. The van der Waals surface area contributed by atoms with Gasteiger partial charge in [0.25, 0.3) is 0 Å². The van der Waals surface area contributed by atoms with Gasteiger partial charge in [0.2, 0.25) is 0 Å². The van der Waals surface area contributed by atoms with Crippen molar-refractivity contribution in [2.24, 2.45) is 11.8 Å². The fraction of sp³-hybridized carbons (Fsp3) is 0.357. The van der Waals surface area contributed by atoms with Crippen LogP contribution in [0.25, 0.3) is 10.9 Å². The van der Waals surface area contributed by atoms with E-state index >= 15 is 0 Å². The number of fused-ring (bicyclic) bond motifs is 1. The summed E-state index contributed by atoms with van der Waals surface area (Å²) < 4.78 is 5.33. The summed E-state index contributed by atoms with van der Waals surface area (Å²) in [7, 11) is 1.60. The Balaban J connectivity index is 1.38. The Labute approximate surface area is 220 Å². The quantitative estimate of drug-likeness (QED) is 0.399. The molecule has 1 aliphatic rings. The van der Waals surface area contributed by atoms with Gasteiger partial charge in [0.15, 0.2) is 0 Å². The average Bonchev–Trinajstić information content (AvgIpc) is 2.86. The minimum atomic E-state index is -0.812. The molecule has 0 aliphatic carbocycles. The molecule has 36 heavy (non-hydrogen) atoms. The van der Waals surface area contributed by atoms with Gasteiger partial charge in [0, 0.05) is 33.7 Å². The van der Waals surface area contributed by atoms with Gasteiger partial charge in [0.05, 0.1) is 31.2 Å². The summed E-state index contributed by atoms with van der Waals surface area (Å²) in [5.74, 6) is 5.52. The Morgan fingerprint density at radius 1 is 1.22 bits per heavy atom. The van der Waals surface area contributed by atoms with Gasteiger partial charge >= 0.3 is 5.97 Å². The number of aromatic nitrogens is 1. The van der Waals surface area contributed by atoms with Crippen LogP contribution < -0.4 is 4.74 Å². The van der Waals surface area contributed by atoms with Gasteiger partial charge in [-0.05, 0) is 79.8 Å². The summed E-state index contributed by atoms with van der Waals surface area (Å²) in [5.41, 5.74) is 2.29. The second-order valence-corrected chi connectivity index (χ2v) is 9.94. The van der Waals surface area contributed by atoms with Crippen LogP contribution >= 0.6 is 23.2 Å². The highest BCUT2D eigenvalue weighted by Gasteiger charge is 2.34. The van der Waals surface area contributed by atoms with E-state index in [1.165, 1.54) is 0 Å². The number of aliphatic carboxylic acids is 1. The molecular weight excluding hydrogens is 499 g/mol. The Hall–Kier alpha value is -2.82. The van der Waals surface area contributed by atoms with Crippen LogP contribution in [0.4, 0.5) is 0 Å². The highest BCUT2D eigenvalue weighted by atomic mass is 35.5. The first kappa shape index (κ1) is 26.2. The smallest absolute Gasteiger partial charge is 0.308 e. The molecule has 1 aliphatic heterocycles. The number of piperidine rings is 1. The fourth-order valence-corrected chi connectivity index (χ4v) is 5.33. The molecule has 4 rings (SSSR count). The molecule has 1 saturated heterocycles. The molecule has 3 aromatic rings. The number of carbonyl (C=O) groups is 1. The minimum absolute atomic E-state index is 0.0178. The lowest BCUT2D eigenvalue weighted by Crippen LogP contribution is -2.44. The summed E-state index contributed by atoms with van der Waals surface area (Å²) >= 11 is 12.1. The molecule has 0 bridgehead atoms. The molecule has 0 unspecified atom stereocenters. The Bertz CT molecular complexity index is 1280. The number of carboxylic acid groups (broad SMARTS) is 1. The van der Waals surface area contributed by atoms with E-state index in [-0.39, 0.29) is 5.92 Å². The maximum Gasteiger partial charge on any atom is 0.308 e. The minimum Gasteiger partial charge on any atom is -0.497 e. The maximum absolute atomic E-state index is 12.1. The van der Waals surface area contributed by atoms with Gasteiger partial charge < -0.3 is 14.9 Å². The number of methoxy groups -OCH3 is 1. The number of halogens is 2. The monoisotopic (exact) mass is 526 g/mol. The third-order valence-corrected chi connectivity index (χ3v) is 7.14. The van der Waals surface area contributed by atoms with Gasteiger partial charge in [-0.2, -0.15) is 0 Å². The van der Waals surface area contributed by atoms with Crippen LogP contribution in [-0.4, -0.2) is 52.8 Å². The van der Waals surface area contributed by atoms with E-state index in [1.54, 1.807) is 31.5 Å². The van der Waals surface area contributed by atoms with Crippen molar-refractivity contribution in [3.05, 3.63) is 69.8 Å². The SMILES string of the molecule is COc1ccc2nccc([C@@H](O)CC[C@@H]3CCN(CC#Cc4cc(Cl)cc(Cl)c4)C[C@@H]3C(=O)O)c2c1. The van der Waals surface area contributed by atoms with Crippen LogP contribution in [0.5, 0.6) is 5.75 Å². The summed E-state index contributed by atoms with van der Waals surface area (Å²) in [6, 6.07) is 12.5. The molecule has 6 nitrogen and oxygen atoms in total. The van der Waals surface area contributed by atoms with Crippen LogP contribution in [-0.2, 0) is 4.79 Å². The zero-order valence-electron chi connectivity index (χ0n) is 20.0. The summed E-state index contributed by atoms with van der Waals surface area (Å²) in [4.78, 5) is 18.5. The highest BCUT2D eigenvalue weighted by molar-refractivity contribution is 6.34. The number of ether oxygens (including phenoxy) is 1. The Morgan fingerprint density at radius 3 is 2.72 bits per heavy atom. The third kappa shape index (κ3) is 6.48. The zero-order chi connectivity index (χ0) is 25.7. The van der Waals surface area contributed by atoms with Crippen LogP contribution in [0.3, 0.4) is 0 Å². The molecule has 188 valence electrons. The van der Waals surface area contributed by atoms with Crippen molar-refractivity contribution < 1.29 is 19.7 Å². The Kier molecular flexibility index (Phi) is 8.71. The van der Waals surface area contributed by atoms with E-state index in [9.17, 15) is 15.0 Å². The third-order valence-electron chi connectivity index (χ3n) is 6.71. The van der Waals surface area contributed by atoms with Gasteiger partial charge in [-0.1, -0.05) is 35.0 Å². The van der Waals surface area contributed by atoms with Gasteiger partial charge in [-0.3, -0.25) is 14.7 Å². The van der Waals surface area contributed by atoms with Gasteiger partial charge in [-0.15, -0.1) is 0 Å². The van der Waals surface area contributed by atoms with Gasteiger partial charge in [0.1, 0.15) is 5.75 Å². The first-order valence-electron chi connectivity index (χ1n) is 11.8. The molecule has 2 heterocycles. The van der Waals surface area contributed by atoms with Crippen molar-refractivity contribution in [3.63, 3.8) is 0 Å². The van der Waals surface area contributed by atoms with E-state index in [2.05, 4.69) is 21.7 Å². The van der Waals surface area contributed by atoms with E-state index in [0.29, 0.717) is 41.7 Å². The maximum atomic E-state index is 12.1. The van der Waals surface area contributed by atoms with E-state index < -0.39 is 18.0 Å². The van der Waals surface area contributed by atoms with Crippen molar-refractivity contribution in [2.75, 3.05) is 26.7 Å². The van der Waals surface area contributed by atoms with Crippen molar-refractivity contribution in [1.82, 2.24) is 9.88 Å². The zero-order valence-corrected chi connectivity index (χ0v) is 21.5. The van der Waals surface area contributed by atoms with Crippen LogP contribution in [0, 0.1) is 23.7 Å². The first-order chi connectivity index (χ1) is 17.3. The predicted molar refractivity (Wildman–Crippen MR) is 142 cm³/mol. The molecule has 2 N–H and O–H groups in total. The molecule has 0 amide bonds. The molecule has 8 heteroatoms. The van der Waals surface area contributed by atoms with Crippen molar-refractivity contribution in [1.29, 1.82) is 0 Å². The van der Waals surface area contributed by atoms with E-state index in [0.717, 1.165) is 35.0 Å². The number of aliphatic hydroxyl groups excluding tert-OH is 1. The number of nitrogens with zero attached hydrogens (tertiary/aromatic N) is 2. The summed E-state index contributed by atoms with van der Waals surface area (Å²) in [6.45, 7) is 1.65. The second kappa shape index (κ2) is 11.9. The van der Waals surface area contributed by atoms with Gasteiger partial charge in [-0.25, -0.2) is 0 Å². The molecule has 3 atom stereocenters. The number of benzene rings is 2. The number of rotatable bonds is 7. The second-order valence-electron chi connectivity index (χ2n) is 9.06. The molecule has 0 saturated carbocycles. The molecule has 2 aromatic carbocycles. The average molecular weight is 527 g/mol. The Morgan fingerprint density at radius 2 is 2.00 bits per heavy atom. The van der Waals surface area contributed by atoms with Crippen molar-refractivity contribution in [3.8, 4) is 17.6 Å². The molecule has 0 spiro atoms. The van der Waals surface area contributed by atoms with Crippen molar-refractivity contribution in [2.45, 2.75) is 25.4 Å². The number of hydrogen-bond acceptors (Lipinski definition) is 5. The standard InChI is InChI=1S/C28H28Cl2N2O4/c1-36-22-5-6-26-24(16-22)23(8-10-31-26)27(33)7-4-19-9-12-32(17-25(19)28(34)35)11-2-3-18-13-20(29)15-21(30)14-18/h5-6,8,10,13-16,19,25,27,33H,4,7,9,11-12,17H2,1H3,(H,34,35)/t19-,25+,27+/m1/s1. The lowest BCUT2D eigenvalue weighted by Gasteiger charge is -2.36. The molecule has 1 aromatic heterocycles. The number of aliphatic hydroxyl groups is 1. The largest absolute Gasteiger partial charge is 0.497 e.